The van der Waals surface area contributed by atoms with Crippen LogP contribution in [0.1, 0.15) is 19.8 Å². The molecule has 0 spiro atoms. The Kier molecular flexibility index (Phi) is 7.30. The second-order valence-electron chi connectivity index (χ2n) is 5.51. The average molecular weight is 376 g/mol. The summed E-state index contributed by atoms with van der Waals surface area (Å²) in [6, 6.07) is 5.63. The predicted octanol–water partition coefficient (Wildman–Crippen LogP) is 3.80. The lowest BCUT2D eigenvalue weighted by Crippen LogP contribution is -2.37. The first-order valence-electron chi connectivity index (χ1n) is 7.70. The van der Waals surface area contributed by atoms with Gasteiger partial charge in [0.2, 0.25) is 0 Å². The van der Waals surface area contributed by atoms with E-state index < -0.39 is 0 Å². The second-order valence-corrected chi connectivity index (χ2v) is 6.80. The molecule has 0 amide bonds. The summed E-state index contributed by atoms with van der Waals surface area (Å²) < 4.78 is 6.77. The lowest BCUT2D eigenvalue weighted by molar-refractivity contribution is 0.177. The Morgan fingerprint density at radius 2 is 2.14 bits per heavy atom. The van der Waals surface area contributed by atoms with Gasteiger partial charge in [0.1, 0.15) is 12.4 Å². The third kappa shape index (κ3) is 5.78. The summed E-state index contributed by atoms with van der Waals surface area (Å²) in [5.41, 5.74) is 0. The van der Waals surface area contributed by atoms with Crippen molar-refractivity contribution in [1.82, 2.24) is 10.2 Å². The van der Waals surface area contributed by atoms with Crippen molar-refractivity contribution in [2.75, 3.05) is 39.3 Å². The fourth-order valence-electron chi connectivity index (χ4n) is 2.68. The molecule has 0 aromatic heterocycles. The van der Waals surface area contributed by atoms with E-state index in [9.17, 15) is 0 Å². The van der Waals surface area contributed by atoms with Crippen molar-refractivity contribution in [2.24, 2.45) is 5.92 Å². The number of benzene rings is 1. The van der Waals surface area contributed by atoms with E-state index >= 15 is 0 Å². The molecule has 1 heterocycles. The van der Waals surface area contributed by atoms with E-state index in [-0.39, 0.29) is 0 Å². The molecule has 5 heteroatoms. The number of ether oxygens (including phenoxy) is 1. The van der Waals surface area contributed by atoms with Crippen molar-refractivity contribution < 1.29 is 4.74 Å². The molecule has 2 rings (SSSR count). The number of halogens is 2. The minimum Gasteiger partial charge on any atom is -0.491 e. The van der Waals surface area contributed by atoms with Crippen LogP contribution in [0, 0.1) is 5.92 Å². The maximum absolute atomic E-state index is 5.93. The van der Waals surface area contributed by atoms with Crippen molar-refractivity contribution in [3.05, 3.63) is 27.7 Å². The number of nitrogens with zero attached hydrogens (tertiary/aromatic N) is 1. The van der Waals surface area contributed by atoms with Gasteiger partial charge >= 0.3 is 0 Å². The van der Waals surface area contributed by atoms with Gasteiger partial charge in [-0.15, -0.1) is 0 Å². The van der Waals surface area contributed by atoms with Crippen LogP contribution in [0.15, 0.2) is 22.7 Å². The fraction of sp³-hybridized carbons (Fsp3) is 0.625. The molecule has 1 aliphatic rings. The standard InChI is InChI=1S/C16H24BrClN2O/c1-2-20(12-13-5-7-19-8-6-13)9-10-21-16-4-3-14(18)11-15(16)17/h3-4,11,13,19H,2,5-10,12H2,1H3. The van der Waals surface area contributed by atoms with Gasteiger partial charge in [-0.05, 0) is 72.5 Å². The van der Waals surface area contributed by atoms with Crippen LogP contribution in [0.4, 0.5) is 0 Å². The van der Waals surface area contributed by atoms with Gasteiger partial charge in [-0.2, -0.15) is 0 Å². The van der Waals surface area contributed by atoms with E-state index in [1.54, 1.807) is 0 Å². The molecule has 0 atom stereocenters. The zero-order chi connectivity index (χ0) is 15.1. The number of likely N-dealkylation sites (N-methyl/N-ethyl adjacent to an activating group) is 1. The monoisotopic (exact) mass is 374 g/mol. The Balaban J connectivity index is 1.74. The molecule has 118 valence electrons. The minimum absolute atomic E-state index is 0.707. The van der Waals surface area contributed by atoms with Gasteiger partial charge in [-0.1, -0.05) is 18.5 Å². The van der Waals surface area contributed by atoms with Gasteiger partial charge in [0.15, 0.2) is 0 Å². The van der Waals surface area contributed by atoms with Crippen molar-refractivity contribution in [3.8, 4) is 5.75 Å². The summed E-state index contributed by atoms with van der Waals surface area (Å²) in [5.74, 6) is 1.69. The molecule has 1 aliphatic heterocycles. The molecule has 1 aromatic rings. The zero-order valence-electron chi connectivity index (χ0n) is 12.6. The van der Waals surface area contributed by atoms with Gasteiger partial charge in [0.05, 0.1) is 4.47 Å². The van der Waals surface area contributed by atoms with Crippen LogP contribution in [0.2, 0.25) is 5.02 Å². The first kappa shape index (κ1) is 17.1. The number of hydrogen-bond acceptors (Lipinski definition) is 3. The van der Waals surface area contributed by atoms with Gasteiger partial charge in [-0.3, -0.25) is 4.90 Å². The Hall–Kier alpha value is -0.290. The fourth-order valence-corrected chi connectivity index (χ4v) is 3.48. The number of piperidine rings is 1. The van der Waals surface area contributed by atoms with Crippen LogP contribution in [-0.2, 0) is 0 Å². The van der Waals surface area contributed by atoms with E-state index in [1.807, 2.05) is 18.2 Å². The molecule has 21 heavy (non-hydrogen) atoms. The van der Waals surface area contributed by atoms with Crippen LogP contribution in [0.3, 0.4) is 0 Å². The number of hydrogen-bond donors (Lipinski definition) is 1. The smallest absolute Gasteiger partial charge is 0.133 e. The molecule has 1 aromatic carbocycles. The summed E-state index contributed by atoms with van der Waals surface area (Å²) in [6.45, 7) is 8.49. The lowest BCUT2D eigenvalue weighted by atomic mass is 9.97. The molecule has 3 nitrogen and oxygen atoms in total. The van der Waals surface area contributed by atoms with Gasteiger partial charge < -0.3 is 10.1 Å². The summed E-state index contributed by atoms with van der Waals surface area (Å²) in [7, 11) is 0. The van der Waals surface area contributed by atoms with Crippen LogP contribution in [0.25, 0.3) is 0 Å². The molecule has 0 unspecified atom stereocenters. The Bertz CT molecular complexity index is 438. The number of nitrogens with one attached hydrogen (secondary N) is 1. The highest BCUT2D eigenvalue weighted by Crippen LogP contribution is 2.27. The van der Waals surface area contributed by atoms with Crippen LogP contribution >= 0.6 is 27.5 Å². The van der Waals surface area contributed by atoms with Crippen molar-refractivity contribution in [1.29, 1.82) is 0 Å². The first-order chi connectivity index (χ1) is 10.2. The zero-order valence-corrected chi connectivity index (χ0v) is 14.9. The lowest BCUT2D eigenvalue weighted by Gasteiger charge is -2.29. The average Bonchev–Trinajstić information content (AvgIpc) is 2.49. The van der Waals surface area contributed by atoms with Crippen molar-refractivity contribution >= 4 is 27.5 Å². The topological polar surface area (TPSA) is 24.5 Å². The molecular weight excluding hydrogens is 352 g/mol. The maximum Gasteiger partial charge on any atom is 0.133 e. The highest BCUT2D eigenvalue weighted by molar-refractivity contribution is 9.10. The van der Waals surface area contributed by atoms with Gasteiger partial charge in [-0.25, -0.2) is 0 Å². The Morgan fingerprint density at radius 3 is 2.81 bits per heavy atom. The molecule has 1 saturated heterocycles. The highest BCUT2D eigenvalue weighted by atomic mass is 79.9. The minimum atomic E-state index is 0.707. The van der Waals surface area contributed by atoms with Crippen molar-refractivity contribution in [3.63, 3.8) is 0 Å². The van der Waals surface area contributed by atoms with E-state index in [4.69, 9.17) is 16.3 Å². The third-order valence-corrected chi connectivity index (χ3v) is 4.84. The molecule has 0 saturated carbocycles. The van der Waals surface area contributed by atoms with E-state index in [0.717, 1.165) is 47.3 Å². The third-order valence-electron chi connectivity index (χ3n) is 3.98. The Labute approximate surface area is 141 Å². The second kappa shape index (κ2) is 8.99. The summed E-state index contributed by atoms with van der Waals surface area (Å²) in [5, 5.41) is 4.14. The molecule has 1 fully saturated rings. The van der Waals surface area contributed by atoms with E-state index in [2.05, 4.69) is 33.1 Å². The molecule has 1 N–H and O–H groups in total. The van der Waals surface area contributed by atoms with Gasteiger partial charge in [0, 0.05) is 18.1 Å². The summed E-state index contributed by atoms with van der Waals surface area (Å²) in [4.78, 5) is 2.49. The molecule has 0 bridgehead atoms. The molecule has 0 aliphatic carbocycles. The highest BCUT2D eigenvalue weighted by Gasteiger charge is 2.16. The largest absolute Gasteiger partial charge is 0.491 e. The summed E-state index contributed by atoms with van der Waals surface area (Å²) in [6.07, 6.45) is 2.58. The maximum atomic E-state index is 5.93. The van der Waals surface area contributed by atoms with E-state index in [1.165, 1.54) is 19.4 Å². The number of rotatable bonds is 7. The predicted molar refractivity (Wildman–Crippen MR) is 92.4 cm³/mol. The van der Waals surface area contributed by atoms with Crippen LogP contribution in [0.5, 0.6) is 5.75 Å². The quantitative estimate of drug-likeness (QED) is 0.784. The SMILES string of the molecule is CCN(CCOc1ccc(Cl)cc1Br)CC1CCNCC1. The van der Waals surface area contributed by atoms with Crippen LogP contribution in [-0.4, -0.2) is 44.2 Å². The first-order valence-corrected chi connectivity index (χ1v) is 8.87. The normalized spacial score (nSPS) is 16.4. The summed E-state index contributed by atoms with van der Waals surface area (Å²) >= 11 is 9.41. The molecular formula is C16H24BrClN2O. The van der Waals surface area contributed by atoms with Crippen LogP contribution < -0.4 is 10.1 Å². The molecule has 0 radical (unpaired) electrons. The van der Waals surface area contributed by atoms with E-state index in [0.29, 0.717) is 6.61 Å². The Morgan fingerprint density at radius 1 is 1.38 bits per heavy atom. The van der Waals surface area contributed by atoms with Crippen molar-refractivity contribution in [2.45, 2.75) is 19.8 Å². The van der Waals surface area contributed by atoms with Gasteiger partial charge in [0.25, 0.3) is 0 Å².